The average molecular weight is 977 g/mol. The molecule has 0 amide bonds. The molecule has 0 radical (unpaired) electrons. The van der Waals surface area contributed by atoms with Crippen LogP contribution in [0.2, 0.25) is 0 Å². The number of hydrogen-bond acceptors (Lipinski definition) is 30. The minimum absolute atomic E-state index is 0.967. The fraction of sp³-hybridized carbons (Fsp3) is 0.971. The van der Waals surface area contributed by atoms with E-state index in [1.165, 1.54) is 0 Å². The normalized spacial score (nSPS) is 48.9. The summed E-state index contributed by atoms with van der Waals surface area (Å²) < 4.78 is 50.2. The van der Waals surface area contributed by atoms with E-state index in [9.17, 15) is 112 Å². The molecule has 31 nitrogen and oxygen atoms in total. The number of carboxylic acid groups (broad SMARTS) is 1. The molecule has 0 unspecified atom stereocenters. The molecule has 21 N–H and O–H groups in total. The molecule has 0 aromatic heterocycles. The van der Waals surface area contributed by atoms with E-state index in [-0.39, 0.29) is 0 Å². The van der Waals surface area contributed by atoms with Gasteiger partial charge in [-0.3, -0.25) is 0 Å². The Labute approximate surface area is 371 Å². The molecule has 5 heterocycles. The Hall–Kier alpha value is -1.69. The van der Waals surface area contributed by atoms with E-state index in [1.54, 1.807) is 0 Å². The third kappa shape index (κ3) is 11.2. The summed E-state index contributed by atoms with van der Waals surface area (Å²) in [4.78, 5) is 11.8. The van der Waals surface area contributed by atoms with Gasteiger partial charge in [0, 0.05) is 6.42 Å². The number of carbonyl (C=O) groups is 1. The molecule has 386 valence electrons. The lowest BCUT2D eigenvalue weighted by Crippen LogP contribution is -2.70. The monoisotopic (exact) mass is 976 g/mol. The van der Waals surface area contributed by atoms with Crippen molar-refractivity contribution in [3.63, 3.8) is 0 Å². The third-order valence-corrected chi connectivity index (χ3v) is 11.9. The second-order valence-corrected chi connectivity index (χ2v) is 16.4. The molecule has 5 saturated heterocycles. The molecular formula is C35H60O31. The topological polar surface area (TPSA) is 525 Å². The van der Waals surface area contributed by atoms with Crippen LogP contribution in [0.1, 0.15) is 6.42 Å². The Kier molecular flexibility index (Phi) is 19.3. The van der Waals surface area contributed by atoms with Crippen LogP contribution in [0, 0.1) is 0 Å². The van der Waals surface area contributed by atoms with E-state index in [0.717, 1.165) is 0 Å². The average Bonchev–Trinajstić information content (AvgIpc) is 3.29. The Morgan fingerprint density at radius 3 is 1.32 bits per heavy atom. The summed E-state index contributed by atoms with van der Waals surface area (Å²) in [6.45, 7) is -5.64. The molecule has 31 heteroatoms. The molecule has 28 atom stereocenters. The molecular weight excluding hydrogens is 916 g/mol. The number of rotatable bonds is 18. The molecule has 0 bridgehead atoms. The summed E-state index contributed by atoms with van der Waals surface area (Å²) in [5, 5.41) is 221. The highest BCUT2D eigenvalue weighted by Crippen LogP contribution is 2.39. The first-order chi connectivity index (χ1) is 31.0. The van der Waals surface area contributed by atoms with Crippen LogP contribution >= 0.6 is 0 Å². The zero-order valence-electron chi connectivity index (χ0n) is 34.3. The van der Waals surface area contributed by atoms with Gasteiger partial charge in [0.1, 0.15) is 134 Å². The van der Waals surface area contributed by atoms with E-state index in [0.29, 0.717) is 0 Å². The lowest BCUT2D eigenvalue weighted by Gasteiger charge is -2.51. The van der Waals surface area contributed by atoms with Gasteiger partial charge in [0.15, 0.2) is 25.2 Å². The highest BCUT2D eigenvalue weighted by molar-refractivity contribution is 5.75. The Balaban J connectivity index is 1.52. The van der Waals surface area contributed by atoms with Gasteiger partial charge in [0.2, 0.25) is 0 Å². The smallest absolute Gasteiger partial charge is 0.364 e. The van der Waals surface area contributed by atoms with Crippen LogP contribution in [0.25, 0.3) is 0 Å². The summed E-state index contributed by atoms with van der Waals surface area (Å²) in [5.41, 5.74) is 0. The SMILES string of the molecule is O=C(O)[C@@]1(O)C[C@@H](O)[C@@H](O[C@H]2O[C@H]([C@@H](O)CO)[C@@H](O)[C@H](O[C@H]3O[C@H]([C@@H](O)CO)[C@@H](O)[C@H](O)[C@@H]3O[C@H]3O[C@H]([C@@H](O)CO)[C@@H](O)[C@H](O)[C@@H]3O[C@@H]3O[C@H](CO)[C@H](O)[C@H](O)[C@H]3O)[C@@H]2O)[C@@H]([C@H](O)CO)O1. The van der Waals surface area contributed by atoms with Crippen molar-refractivity contribution in [3.8, 4) is 0 Å². The highest BCUT2D eigenvalue weighted by Gasteiger charge is 2.60. The van der Waals surface area contributed by atoms with Crippen molar-refractivity contribution in [1.82, 2.24) is 0 Å². The van der Waals surface area contributed by atoms with Gasteiger partial charge in [-0.2, -0.15) is 0 Å². The summed E-state index contributed by atoms with van der Waals surface area (Å²) >= 11 is 0. The summed E-state index contributed by atoms with van der Waals surface area (Å²) in [7, 11) is 0. The maximum atomic E-state index is 11.8. The number of carboxylic acids is 1. The molecule has 5 aliphatic heterocycles. The number of ether oxygens (including phenoxy) is 9. The van der Waals surface area contributed by atoms with Crippen molar-refractivity contribution in [1.29, 1.82) is 0 Å². The second-order valence-electron chi connectivity index (χ2n) is 16.4. The van der Waals surface area contributed by atoms with Gasteiger partial charge >= 0.3 is 5.97 Å². The van der Waals surface area contributed by atoms with Gasteiger partial charge in [-0.1, -0.05) is 0 Å². The Morgan fingerprint density at radius 1 is 0.470 bits per heavy atom. The summed E-state index contributed by atoms with van der Waals surface area (Å²) in [5.74, 6) is -5.20. The van der Waals surface area contributed by atoms with Gasteiger partial charge < -0.3 is 150 Å². The third-order valence-electron chi connectivity index (χ3n) is 11.9. The van der Waals surface area contributed by atoms with Crippen LogP contribution in [0.4, 0.5) is 0 Å². The Morgan fingerprint density at radius 2 is 0.864 bits per heavy atom. The molecule has 66 heavy (non-hydrogen) atoms. The van der Waals surface area contributed by atoms with E-state index in [1.807, 2.05) is 0 Å². The van der Waals surface area contributed by atoms with E-state index in [4.69, 9.17) is 42.6 Å². The van der Waals surface area contributed by atoms with Crippen LogP contribution in [-0.2, 0) is 47.4 Å². The maximum Gasteiger partial charge on any atom is 0.364 e. The molecule has 5 rings (SSSR count). The van der Waals surface area contributed by atoms with Crippen LogP contribution in [0.3, 0.4) is 0 Å². The highest BCUT2D eigenvalue weighted by atomic mass is 16.8. The van der Waals surface area contributed by atoms with E-state index in [2.05, 4.69) is 0 Å². The molecule has 0 saturated carbocycles. The van der Waals surface area contributed by atoms with Gasteiger partial charge in [0.05, 0.1) is 39.1 Å². The zero-order chi connectivity index (χ0) is 49.3. The van der Waals surface area contributed by atoms with Crippen LogP contribution in [0.15, 0.2) is 0 Å². The fourth-order valence-corrected chi connectivity index (χ4v) is 8.10. The minimum Gasteiger partial charge on any atom is -0.477 e. The second kappa shape index (κ2) is 23.0. The quantitative estimate of drug-likeness (QED) is 0.0606. The molecule has 5 aliphatic rings. The van der Waals surface area contributed by atoms with E-state index < -0.39 is 217 Å². The number of aliphatic hydroxyl groups excluding tert-OH is 19. The fourth-order valence-electron chi connectivity index (χ4n) is 8.10. The van der Waals surface area contributed by atoms with Crippen molar-refractivity contribution in [2.24, 2.45) is 0 Å². The van der Waals surface area contributed by atoms with Gasteiger partial charge in [-0.25, -0.2) is 4.79 Å². The molecule has 0 spiro atoms. The lowest BCUT2D eigenvalue weighted by atomic mass is 9.91. The van der Waals surface area contributed by atoms with Crippen molar-refractivity contribution in [2.75, 3.05) is 33.0 Å². The van der Waals surface area contributed by atoms with Gasteiger partial charge in [-0.05, 0) is 0 Å². The first-order valence-electron chi connectivity index (χ1n) is 20.4. The van der Waals surface area contributed by atoms with Crippen LogP contribution in [0.5, 0.6) is 0 Å². The predicted molar refractivity (Wildman–Crippen MR) is 196 cm³/mol. The van der Waals surface area contributed by atoms with Crippen molar-refractivity contribution in [2.45, 2.75) is 178 Å². The van der Waals surface area contributed by atoms with Gasteiger partial charge in [-0.15, -0.1) is 0 Å². The summed E-state index contributed by atoms with van der Waals surface area (Å²) in [6, 6.07) is 0. The molecule has 0 aliphatic carbocycles. The lowest BCUT2D eigenvalue weighted by molar-refractivity contribution is -0.412. The van der Waals surface area contributed by atoms with Crippen LogP contribution < -0.4 is 0 Å². The molecule has 0 aromatic rings. The first kappa shape index (κ1) is 55.2. The predicted octanol–water partition coefficient (Wildman–Crippen LogP) is -14.0. The minimum atomic E-state index is -3.16. The van der Waals surface area contributed by atoms with E-state index >= 15 is 0 Å². The molecule has 5 fully saturated rings. The number of aliphatic carboxylic acids is 1. The molecule has 0 aromatic carbocycles. The number of hydrogen-bond donors (Lipinski definition) is 21. The number of aliphatic hydroxyl groups is 20. The zero-order valence-corrected chi connectivity index (χ0v) is 34.3. The van der Waals surface area contributed by atoms with Crippen molar-refractivity contribution < 1.29 is 155 Å². The standard InChI is InChI=1S/C35H60O31/c36-2-8(42)22-16(49)18(51)29(65-33-28(17(50)15(48)23(61-33)9(43)3-37)64-30-19(52)14(47)13(46)12(6-40)58-30)32(60-22)63-27-20(53)24(10(44)4-38)59-31(21(27)54)62-25-7(41)1-35(57,34(55)56)66-26(25)11(45)5-39/h7-33,36-54,57H,1-6H2,(H,55,56)/t7-,8+,9+,10+,11-,12-,13+,14+,15+,16+,17+,18+,19-,20-,21+,22-,23-,24-,25-,26-,27+,28+,29+,30+,31-,32-,33-,35-/m1/s1. The van der Waals surface area contributed by atoms with Crippen molar-refractivity contribution >= 4 is 5.97 Å². The maximum absolute atomic E-state index is 11.8. The summed E-state index contributed by atoms with van der Waals surface area (Å²) in [6.07, 6.45) is -59.6. The van der Waals surface area contributed by atoms with Gasteiger partial charge in [0.25, 0.3) is 5.79 Å². The first-order valence-corrected chi connectivity index (χ1v) is 20.4. The Bertz CT molecular complexity index is 1520. The van der Waals surface area contributed by atoms with Crippen molar-refractivity contribution in [3.05, 3.63) is 0 Å². The largest absolute Gasteiger partial charge is 0.477 e. The van der Waals surface area contributed by atoms with Crippen LogP contribution in [-0.4, -0.2) is 318 Å².